The van der Waals surface area contributed by atoms with Gasteiger partial charge in [0.2, 0.25) is 0 Å². The van der Waals surface area contributed by atoms with E-state index in [2.05, 4.69) is 57.5 Å². The first kappa shape index (κ1) is 10.3. The van der Waals surface area contributed by atoms with Crippen molar-refractivity contribution in [1.29, 1.82) is 0 Å². The maximum atomic E-state index is 2.38. The largest absolute Gasteiger partial charge is 0.0648 e. The first-order chi connectivity index (χ1) is 6.20. The molecule has 0 aliphatic carbocycles. The van der Waals surface area contributed by atoms with Gasteiger partial charge in [-0.15, -0.1) is 0 Å². The Morgan fingerprint density at radius 2 is 1.62 bits per heavy atom. The minimum Gasteiger partial charge on any atom is -0.0648 e. The number of hydrogen-bond donors (Lipinski definition) is 0. The van der Waals surface area contributed by atoms with Gasteiger partial charge in [0.15, 0.2) is 0 Å². The summed E-state index contributed by atoms with van der Waals surface area (Å²) < 4.78 is 0. The molecule has 0 saturated heterocycles. The van der Waals surface area contributed by atoms with Crippen LogP contribution in [0.1, 0.15) is 39.2 Å². The van der Waals surface area contributed by atoms with Gasteiger partial charge in [-0.1, -0.05) is 63.9 Å². The Bertz CT molecular complexity index is 231. The van der Waals surface area contributed by atoms with Gasteiger partial charge in [0, 0.05) is 0 Å². The van der Waals surface area contributed by atoms with Gasteiger partial charge in [0.05, 0.1) is 0 Å². The predicted octanol–water partition coefficient (Wildman–Crippen LogP) is 4.07. The van der Waals surface area contributed by atoms with E-state index in [-0.39, 0.29) is 0 Å². The highest BCUT2D eigenvalue weighted by Gasteiger charge is 2.19. The third kappa shape index (κ3) is 2.87. The first-order valence-electron chi connectivity index (χ1n) is 5.11. The highest BCUT2D eigenvalue weighted by atomic mass is 14.2. The molecule has 0 spiro atoms. The Morgan fingerprint density at radius 1 is 1.08 bits per heavy atom. The van der Waals surface area contributed by atoms with Crippen molar-refractivity contribution >= 4 is 0 Å². The van der Waals surface area contributed by atoms with Crippen molar-refractivity contribution in [1.82, 2.24) is 0 Å². The van der Waals surface area contributed by atoms with E-state index in [1.807, 2.05) is 0 Å². The van der Waals surface area contributed by atoms with Crippen molar-refractivity contribution < 1.29 is 0 Å². The lowest BCUT2D eigenvalue weighted by Crippen LogP contribution is -2.14. The van der Waals surface area contributed by atoms with Crippen LogP contribution in [0.15, 0.2) is 30.3 Å². The monoisotopic (exact) mass is 175 g/mol. The van der Waals surface area contributed by atoms with E-state index in [0.717, 1.165) is 0 Å². The molecular weight excluding hydrogens is 156 g/mol. The minimum atomic E-state index is 0.362. The standard InChI is InChI=1S/C13H19/c1-4-13(3,5-2)11-12-9-7-6-8-10-12/h6-11H,4-5H2,1-3H3. The molecule has 1 aromatic carbocycles. The molecule has 0 bridgehead atoms. The molecule has 0 aliphatic heterocycles. The number of rotatable bonds is 4. The highest BCUT2D eigenvalue weighted by molar-refractivity contribution is 5.25. The van der Waals surface area contributed by atoms with Crippen LogP contribution in [-0.4, -0.2) is 0 Å². The summed E-state index contributed by atoms with van der Waals surface area (Å²) in [5.41, 5.74) is 1.70. The van der Waals surface area contributed by atoms with Crippen LogP contribution in [0.25, 0.3) is 0 Å². The predicted molar refractivity (Wildman–Crippen MR) is 58.5 cm³/mol. The average molecular weight is 175 g/mol. The van der Waals surface area contributed by atoms with Gasteiger partial charge >= 0.3 is 0 Å². The molecule has 0 aromatic heterocycles. The molecular formula is C13H19. The molecule has 13 heavy (non-hydrogen) atoms. The fourth-order valence-electron chi connectivity index (χ4n) is 1.41. The summed E-state index contributed by atoms with van der Waals surface area (Å²) >= 11 is 0. The van der Waals surface area contributed by atoms with E-state index >= 15 is 0 Å². The molecule has 0 saturated carbocycles. The molecule has 0 unspecified atom stereocenters. The topological polar surface area (TPSA) is 0 Å². The third-order valence-electron chi connectivity index (χ3n) is 2.93. The summed E-state index contributed by atoms with van der Waals surface area (Å²) in [6.45, 7) is 6.83. The van der Waals surface area contributed by atoms with E-state index in [0.29, 0.717) is 5.41 Å². The molecule has 1 radical (unpaired) electrons. The van der Waals surface area contributed by atoms with Crippen LogP contribution in [0.4, 0.5) is 0 Å². The maximum absolute atomic E-state index is 2.38. The molecule has 0 nitrogen and oxygen atoms in total. The molecule has 0 fully saturated rings. The van der Waals surface area contributed by atoms with Crippen LogP contribution in [0.2, 0.25) is 0 Å². The van der Waals surface area contributed by atoms with Crippen LogP contribution >= 0.6 is 0 Å². The summed E-state index contributed by atoms with van der Waals surface area (Å²) in [6, 6.07) is 10.6. The summed E-state index contributed by atoms with van der Waals surface area (Å²) in [7, 11) is 0. The molecule has 0 N–H and O–H groups in total. The van der Waals surface area contributed by atoms with Crippen molar-refractivity contribution in [3.8, 4) is 0 Å². The minimum absolute atomic E-state index is 0.362. The van der Waals surface area contributed by atoms with Gasteiger partial charge in [-0.05, 0) is 17.4 Å². The fourth-order valence-corrected chi connectivity index (χ4v) is 1.41. The summed E-state index contributed by atoms with van der Waals surface area (Å²) in [5, 5.41) is 0. The fraction of sp³-hybridized carbons (Fsp3) is 0.462. The first-order valence-corrected chi connectivity index (χ1v) is 5.11. The summed E-state index contributed by atoms with van der Waals surface area (Å²) in [6.07, 6.45) is 4.80. The Labute approximate surface area is 82.0 Å². The number of benzene rings is 1. The van der Waals surface area contributed by atoms with Gasteiger partial charge in [-0.25, -0.2) is 0 Å². The van der Waals surface area contributed by atoms with E-state index < -0.39 is 0 Å². The van der Waals surface area contributed by atoms with E-state index in [9.17, 15) is 0 Å². The molecule has 71 valence electrons. The summed E-state index contributed by atoms with van der Waals surface area (Å²) in [4.78, 5) is 0. The van der Waals surface area contributed by atoms with Crippen LogP contribution < -0.4 is 0 Å². The Kier molecular flexibility index (Phi) is 3.53. The van der Waals surface area contributed by atoms with E-state index in [4.69, 9.17) is 0 Å². The highest BCUT2D eigenvalue weighted by Crippen LogP contribution is 2.31. The number of hydrogen-bond acceptors (Lipinski definition) is 0. The zero-order valence-corrected chi connectivity index (χ0v) is 8.88. The van der Waals surface area contributed by atoms with Crippen molar-refractivity contribution in [3.05, 3.63) is 42.3 Å². The van der Waals surface area contributed by atoms with Crippen molar-refractivity contribution in [2.75, 3.05) is 0 Å². The van der Waals surface area contributed by atoms with Crippen LogP contribution in [0.3, 0.4) is 0 Å². The normalized spacial score (nSPS) is 11.6. The molecule has 1 aromatic rings. The van der Waals surface area contributed by atoms with Crippen LogP contribution in [-0.2, 0) is 0 Å². The van der Waals surface area contributed by atoms with Crippen molar-refractivity contribution in [2.45, 2.75) is 33.6 Å². The lowest BCUT2D eigenvalue weighted by Gasteiger charge is -2.26. The lowest BCUT2D eigenvalue weighted by molar-refractivity contribution is 0.368. The van der Waals surface area contributed by atoms with Gasteiger partial charge in [-0.2, -0.15) is 0 Å². The zero-order valence-electron chi connectivity index (χ0n) is 8.88. The Hall–Kier alpha value is -0.780. The molecule has 0 heterocycles. The lowest BCUT2D eigenvalue weighted by atomic mass is 9.79. The smallest absolute Gasteiger partial charge is 0.00341 e. The Morgan fingerprint density at radius 3 is 2.08 bits per heavy atom. The third-order valence-corrected chi connectivity index (χ3v) is 2.93. The SMILES string of the molecule is CCC(C)([CH]c1ccccc1)CC. The van der Waals surface area contributed by atoms with Crippen LogP contribution in [0.5, 0.6) is 0 Å². The molecule has 0 amide bonds. The maximum Gasteiger partial charge on any atom is -0.00341 e. The van der Waals surface area contributed by atoms with E-state index in [1.54, 1.807) is 0 Å². The van der Waals surface area contributed by atoms with Crippen molar-refractivity contribution in [3.63, 3.8) is 0 Å². The van der Waals surface area contributed by atoms with Gasteiger partial charge in [0.1, 0.15) is 0 Å². The Balaban J connectivity index is 2.68. The second-order valence-electron chi connectivity index (χ2n) is 3.92. The zero-order chi connectivity index (χ0) is 9.73. The average Bonchev–Trinajstić information content (AvgIpc) is 2.19. The molecule has 0 aliphatic rings. The molecule has 0 heteroatoms. The van der Waals surface area contributed by atoms with Crippen LogP contribution in [0, 0.1) is 11.8 Å². The van der Waals surface area contributed by atoms with Gasteiger partial charge < -0.3 is 0 Å². The van der Waals surface area contributed by atoms with Gasteiger partial charge in [-0.3, -0.25) is 0 Å². The van der Waals surface area contributed by atoms with E-state index in [1.165, 1.54) is 18.4 Å². The van der Waals surface area contributed by atoms with Gasteiger partial charge in [0.25, 0.3) is 0 Å². The molecule has 0 atom stereocenters. The summed E-state index contributed by atoms with van der Waals surface area (Å²) in [5.74, 6) is 0. The van der Waals surface area contributed by atoms with Crippen molar-refractivity contribution in [2.24, 2.45) is 5.41 Å². The quantitative estimate of drug-likeness (QED) is 0.647. The second-order valence-corrected chi connectivity index (χ2v) is 3.92. The molecule has 1 rings (SSSR count). The second kappa shape index (κ2) is 4.45.